The van der Waals surface area contributed by atoms with E-state index in [9.17, 15) is 19.5 Å². The molecule has 0 aromatic heterocycles. The molecule has 5 unspecified atom stereocenters. The Morgan fingerprint density at radius 1 is 1.44 bits per heavy atom. The fourth-order valence-corrected chi connectivity index (χ4v) is 4.63. The zero-order valence-corrected chi connectivity index (χ0v) is 8.32. The van der Waals surface area contributed by atoms with Gasteiger partial charge in [-0.3, -0.25) is 14.9 Å². The highest BCUT2D eigenvalue weighted by Crippen LogP contribution is 2.82. The molecule has 5 fully saturated rings. The highest BCUT2D eigenvalue weighted by molar-refractivity contribution is 6.09. The molecular formula is C10H10N2O4. The molecule has 4 saturated carbocycles. The number of carboxylic acid groups (broad SMARTS) is 1. The van der Waals surface area contributed by atoms with Crippen LogP contribution >= 0.6 is 0 Å². The zero-order chi connectivity index (χ0) is 11.3. The molecule has 1 heterocycles. The van der Waals surface area contributed by atoms with Gasteiger partial charge in [-0.1, -0.05) is 0 Å². The summed E-state index contributed by atoms with van der Waals surface area (Å²) >= 11 is 0. The van der Waals surface area contributed by atoms with Gasteiger partial charge in [0.15, 0.2) is 0 Å². The Labute approximate surface area is 90.4 Å². The van der Waals surface area contributed by atoms with Crippen molar-refractivity contribution < 1.29 is 19.5 Å². The number of carbonyl (C=O) groups is 3. The summed E-state index contributed by atoms with van der Waals surface area (Å²) in [5.41, 5.74) is -1.63. The molecule has 1 aliphatic heterocycles. The van der Waals surface area contributed by atoms with E-state index in [-0.39, 0.29) is 23.7 Å². The molecule has 4 bridgehead atoms. The van der Waals surface area contributed by atoms with Crippen molar-refractivity contribution in [2.75, 3.05) is 0 Å². The van der Waals surface area contributed by atoms with Crippen molar-refractivity contribution in [2.45, 2.75) is 18.4 Å². The molecule has 5 atom stereocenters. The largest absolute Gasteiger partial charge is 0.481 e. The first-order valence-corrected chi connectivity index (χ1v) is 5.40. The number of hydrogen-bond acceptors (Lipinski definition) is 3. The summed E-state index contributed by atoms with van der Waals surface area (Å²) in [4.78, 5) is 34.4. The third kappa shape index (κ3) is 0.546. The van der Waals surface area contributed by atoms with Crippen LogP contribution in [0.4, 0.5) is 4.79 Å². The summed E-state index contributed by atoms with van der Waals surface area (Å²) in [6, 6.07) is -0.483. The van der Waals surface area contributed by atoms with Gasteiger partial charge >= 0.3 is 12.0 Å². The predicted octanol–water partition coefficient (Wildman–Crippen LogP) is -0.695. The van der Waals surface area contributed by atoms with Crippen molar-refractivity contribution in [3.63, 3.8) is 0 Å². The van der Waals surface area contributed by atoms with Gasteiger partial charge in [-0.2, -0.15) is 0 Å². The van der Waals surface area contributed by atoms with Crippen LogP contribution in [-0.2, 0) is 9.59 Å². The summed E-state index contributed by atoms with van der Waals surface area (Å²) in [5, 5.41) is 14.2. The molecule has 3 amide bonds. The molecule has 3 N–H and O–H groups in total. The van der Waals surface area contributed by atoms with E-state index in [1.807, 2.05) is 0 Å². The number of rotatable bonds is 1. The van der Waals surface area contributed by atoms with Crippen LogP contribution in [0.2, 0.25) is 0 Å². The number of carboxylic acids is 1. The number of urea groups is 1. The van der Waals surface area contributed by atoms with Crippen molar-refractivity contribution >= 4 is 17.9 Å². The van der Waals surface area contributed by atoms with E-state index in [1.165, 1.54) is 0 Å². The van der Waals surface area contributed by atoms with Crippen LogP contribution in [0.5, 0.6) is 0 Å². The smallest absolute Gasteiger partial charge is 0.322 e. The molecule has 4 aliphatic carbocycles. The fourth-order valence-electron chi connectivity index (χ4n) is 4.63. The number of imide groups is 1. The Morgan fingerprint density at radius 3 is 2.62 bits per heavy atom. The number of nitrogens with one attached hydrogen (secondary N) is 2. The van der Waals surface area contributed by atoms with Crippen LogP contribution in [0, 0.1) is 23.2 Å². The minimum Gasteiger partial charge on any atom is -0.481 e. The second kappa shape index (κ2) is 1.97. The lowest BCUT2D eigenvalue weighted by Crippen LogP contribution is -2.50. The van der Waals surface area contributed by atoms with Gasteiger partial charge < -0.3 is 10.4 Å². The van der Waals surface area contributed by atoms with E-state index in [2.05, 4.69) is 10.6 Å². The van der Waals surface area contributed by atoms with Crippen LogP contribution in [-0.4, -0.2) is 28.6 Å². The minimum atomic E-state index is -0.903. The summed E-state index contributed by atoms with van der Waals surface area (Å²) < 4.78 is 0. The van der Waals surface area contributed by atoms with Crippen molar-refractivity contribution in [3.8, 4) is 0 Å². The highest BCUT2D eigenvalue weighted by atomic mass is 16.4. The zero-order valence-electron chi connectivity index (χ0n) is 8.32. The summed E-state index contributed by atoms with van der Waals surface area (Å²) in [7, 11) is 0. The Balaban J connectivity index is 1.84. The SMILES string of the molecule is O=C1NC(=O)C2(N1)C1CC3C2C3(C(=O)O)C1. The van der Waals surface area contributed by atoms with Gasteiger partial charge in [0.1, 0.15) is 5.54 Å². The van der Waals surface area contributed by atoms with Crippen molar-refractivity contribution in [1.29, 1.82) is 0 Å². The molecule has 0 aromatic carbocycles. The normalized spacial score (nSPS) is 55.4. The standard InChI is InChI=1S/C10H10N2O4/c13-6-10(12-8(16)11-6)3-1-4-5(10)9(4,2-3)7(14)15/h3-5H,1-2H2,(H,14,15)(H2,11,12,13,16). The number of carbonyl (C=O) groups excluding carboxylic acids is 2. The summed E-state index contributed by atoms with van der Waals surface area (Å²) in [5.74, 6) is -1.23. The topological polar surface area (TPSA) is 95.5 Å². The van der Waals surface area contributed by atoms with Gasteiger partial charge in [-0.25, -0.2) is 4.79 Å². The minimum absolute atomic E-state index is 0.00468. The Morgan fingerprint density at radius 2 is 2.19 bits per heavy atom. The maximum atomic E-state index is 11.9. The molecule has 0 radical (unpaired) electrons. The van der Waals surface area contributed by atoms with Crippen LogP contribution in [0.3, 0.4) is 0 Å². The summed E-state index contributed by atoms with van der Waals surface area (Å²) in [6.07, 6.45) is 1.29. The van der Waals surface area contributed by atoms with Crippen molar-refractivity contribution in [1.82, 2.24) is 10.6 Å². The lowest BCUT2D eigenvalue weighted by molar-refractivity contribution is -0.143. The lowest BCUT2D eigenvalue weighted by Gasteiger charge is -2.24. The molecule has 0 aromatic rings. The Hall–Kier alpha value is -1.59. The Kier molecular flexibility index (Phi) is 1.05. The molecule has 5 rings (SSSR count). The van der Waals surface area contributed by atoms with Gasteiger partial charge in [-0.15, -0.1) is 0 Å². The Bertz CT molecular complexity index is 475. The molecule has 1 saturated heterocycles. The lowest BCUT2D eigenvalue weighted by atomic mass is 9.88. The van der Waals surface area contributed by atoms with E-state index in [0.717, 1.165) is 6.42 Å². The van der Waals surface area contributed by atoms with E-state index in [0.29, 0.717) is 6.42 Å². The van der Waals surface area contributed by atoms with Gasteiger partial charge in [0.2, 0.25) is 0 Å². The predicted molar refractivity (Wildman–Crippen MR) is 49.2 cm³/mol. The molecule has 6 heteroatoms. The average molecular weight is 222 g/mol. The second-order valence-corrected chi connectivity index (χ2v) is 5.34. The first-order valence-electron chi connectivity index (χ1n) is 5.40. The fraction of sp³-hybridized carbons (Fsp3) is 0.700. The van der Waals surface area contributed by atoms with Crippen LogP contribution in [0.15, 0.2) is 0 Å². The van der Waals surface area contributed by atoms with E-state index < -0.39 is 23.0 Å². The van der Waals surface area contributed by atoms with Crippen molar-refractivity contribution in [3.05, 3.63) is 0 Å². The van der Waals surface area contributed by atoms with E-state index in [1.54, 1.807) is 0 Å². The molecular weight excluding hydrogens is 212 g/mol. The molecule has 6 nitrogen and oxygen atoms in total. The maximum Gasteiger partial charge on any atom is 0.322 e. The molecule has 1 spiro atoms. The number of hydrogen-bond donors (Lipinski definition) is 3. The first-order chi connectivity index (χ1) is 7.53. The van der Waals surface area contributed by atoms with Crippen LogP contribution in [0.1, 0.15) is 12.8 Å². The maximum absolute atomic E-state index is 11.9. The third-order valence-corrected chi connectivity index (χ3v) is 5.09. The molecule has 16 heavy (non-hydrogen) atoms. The van der Waals surface area contributed by atoms with Crippen LogP contribution in [0.25, 0.3) is 0 Å². The van der Waals surface area contributed by atoms with Gasteiger partial charge in [0.25, 0.3) is 5.91 Å². The number of aliphatic carboxylic acids is 1. The molecule has 84 valence electrons. The number of amides is 3. The highest BCUT2D eigenvalue weighted by Gasteiger charge is 2.90. The average Bonchev–Trinajstić information content (AvgIpc) is 2.61. The third-order valence-electron chi connectivity index (χ3n) is 5.09. The van der Waals surface area contributed by atoms with E-state index in [4.69, 9.17) is 0 Å². The second-order valence-electron chi connectivity index (χ2n) is 5.34. The first kappa shape index (κ1) is 8.55. The van der Waals surface area contributed by atoms with Gasteiger partial charge in [-0.05, 0) is 24.7 Å². The summed E-state index contributed by atoms with van der Waals surface area (Å²) in [6.45, 7) is 0. The molecule has 5 aliphatic rings. The van der Waals surface area contributed by atoms with Crippen molar-refractivity contribution in [2.24, 2.45) is 23.2 Å². The monoisotopic (exact) mass is 222 g/mol. The quantitative estimate of drug-likeness (QED) is 0.511. The van der Waals surface area contributed by atoms with Crippen LogP contribution < -0.4 is 10.6 Å². The van der Waals surface area contributed by atoms with E-state index >= 15 is 0 Å². The van der Waals surface area contributed by atoms with Gasteiger partial charge in [0, 0.05) is 5.92 Å². The van der Waals surface area contributed by atoms with Gasteiger partial charge in [0.05, 0.1) is 5.41 Å².